The average Bonchev–Trinajstić information content (AvgIpc) is 2.40. The van der Waals surface area contributed by atoms with Gasteiger partial charge in [-0.3, -0.25) is 14.9 Å². The largest absolute Gasteiger partial charge is 0.307 e. The summed E-state index contributed by atoms with van der Waals surface area (Å²) >= 11 is 7.44. The molecule has 1 aromatic heterocycles. The van der Waals surface area contributed by atoms with Crippen molar-refractivity contribution in [3.05, 3.63) is 37.2 Å². The van der Waals surface area contributed by atoms with Gasteiger partial charge in [0.1, 0.15) is 0 Å². The lowest BCUT2D eigenvalue weighted by atomic mass is 9.84. The molecule has 0 fully saturated rings. The lowest BCUT2D eigenvalue weighted by molar-refractivity contribution is -0.385. The van der Waals surface area contributed by atoms with Crippen LogP contribution in [0.25, 0.3) is 0 Å². The number of aromatic nitrogens is 1. The fourth-order valence-corrected chi connectivity index (χ4v) is 2.92. The first-order valence-corrected chi connectivity index (χ1v) is 7.47. The van der Waals surface area contributed by atoms with Gasteiger partial charge in [-0.1, -0.05) is 13.8 Å². The van der Waals surface area contributed by atoms with Crippen molar-refractivity contribution in [2.24, 2.45) is 5.41 Å². The number of thiol groups is 1. The van der Waals surface area contributed by atoms with Crippen LogP contribution in [0.2, 0.25) is 0 Å². The van der Waals surface area contributed by atoms with Crippen molar-refractivity contribution in [3.63, 3.8) is 0 Å². The third-order valence-electron chi connectivity index (χ3n) is 3.58. The van der Waals surface area contributed by atoms with Crippen molar-refractivity contribution in [3.8, 4) is 0 Å². The van der Waals surface area contributed by atoms with Gasteiger partial charge in [-0.05, 0) is 39.9 Å². The molecule has 0 aliphatic carbocycles. The van der Waals surface area contributed by atoms with Crippen molar-refractivity contribution < 1.29 is 4.92 Å². The first-order valence-electron chi connectivity index (χ1n) is 6.04. The zero-order valence-corrected chi connectivity index (χ0v) is 13.4. The maximum absolute atomic E-state index is 12.0. The molecule has 0 amide bonds. The summed E-state index contributed by atoms with van der Waals surface area (Å²) in [7, 11) is 0. The number of rotatable bonds is 6. The number of hydrogen-bond donors (Lipinski definition) is 1. The van der Waals surface area contributed by atoms with E-state index in [-0.39, 0.29) is 21.1 Å². The molecule has 19 heavy (non-hydrogen) atoms. The van der Waals surface area contributed by atoms with E-state index in [9.17, 15) is 14.9 Å². The van der Waals surface area contributed by atoms with Crippen LogP contribution < -0.4 is 5.56 Å². The monoisotopic (exact) mass is 348 g/mol. The third kappa shape index (κ3) is 3.60. The molecule has 0 spiro atoms. The molecule has 0 aliphatic rings. The highest BCUT2D eigenvalue weighted by molar-refractivity contribution is 9.10. The summed E-state index contributed by atoms with van der Waals surface area (Å²) < 4.78 is 1.62. The summed E-state index contributed by atoms with van der Waals surface area (Å²) in [4.78, 5) is 22.4. The van der Waals surface area contributed by atoms with E-state index in [1.54, 1.807) is 0 Å². The highest BCUT2D eigenvalue weighted by Gasteiger charge is 2.26. The van der Waals surface area contributed by atoms with Gasteiger partial charge in [0.05, 0.1) is 15.6 Å². The number of pyridine rings is 1. The van der Waals surface area contributed by atoms with Crippen molar-refractivity contribution in [1.29, 1.82) is 0 Å². The Labute approximate surface area is 125 Å². The molecule has 0 radical (unpaired) electrons. The van der Waals surface area contributed by atoms with Gasteiger partial charge in [0.2, 0.25) is 0 Å². The Hall–Kier alpha value is -0.820. The predicted molar refractivity (Wildman–Crippen MR) is 81.9 cm³/mol. The molecule has 1 aromatic rings. The van der Waals surface area contributed by atoms with Gasteiger partial charge in [0.25, 0.3) is 11.2 Å². The topological polar surface area (TPSA) is 65.1 Å². The van der Waals surface area contributed by atoms with Crippen LogP contribution in [-0.2, 0) is 6.54 Å². The molecule has 0 N–H and O–H groups in total. The van der Waals surface area contributed by atoms with Gasteiger partial charge < -0.3 is 4.57 Å². The Morgan fingerprint density at radius 3 is 2.47 bits per heavy atom. The predicted octanol–water partition coefficient (Wildman–Crippen LogP) is 3.26. The minimum absolute atomic E-state index is 0.0910. The van der Waals surface area contributed by atoms with E-state index in [1.807, 2.05) is 13.8 Å². The highest BCUT2D eigenvalue weighted by Crippen LogP contribution is 2.30. The van der Waals surface area contributed by atoms with Crippen molar-refractivity contribution in [1.82, 2.24) is 4.57 Å². The fourth-order valence-electron chi connectivity index (χ4n) is 1.91. The molecule has 106 valence electrons. The summed E-state index contributed by atoms with van der Waals surface area (Å²) in [6, 6.07) is 1.24. The first-order chi connectivity index (χ1) is 8.89. The third-order valence-corrected chi connectivity index (χ3v) is 4.82. The molecule has 0 saturated carbocycles. The molecule has 1 heterocycles. The van der Waals surface area contributed by atoms with Gasteiger partial charge in [0.15, 0.2) is 0 Å². The standard InChI is InChI=1S/C12H17BrN2O3S/c1-3-12(4-2,8-19)7-14-6-9(15(17)18)5-10(13)11(14)16/h5-6,19H,3-4,7-8H2,1-2H3. The highest BCUT2D eigenvalue weighted by atomic mass is 79.9. The summed E-state index contributed by atoms with van der Waals surface area (Å²) in [5, 5.41) is 10.8. The molecule has 0 unspecified atom stereocenters. The smallest absolute Gasteiger partial charge is 0.286 e. The molecule has 0 bridgehead atoms. The van der Waals surface area contributed by atoms with E-state index in [0.29, 0.717) is 12.3 Å². The molecular formula is C12H17BrN2O3S. The number of nitrogens with zero attached hydrogens (tertiary/aromatic N) is 2. The normalized spacial score (nSPS) is 11.6. The van der Waals surface area contributed by atoms with Crippen LogP contribution in [0.4, 0.5) is 5.69 Å². The number of halogens is 1. The van der Waals surface area contributed by atoms with Crippen LogP contribution in [0, 0.1) is 15.5 Å². The minimum Gasteiger partial charge on any atom is -0.307 e. The van der Waals surface area contributed by atoms with Crippen molar-refractivity contribution in [2.45, 2.75) is 33.2 Å². The molecule has 0 aromatic carbocycles. The zero-order valence-electron chi connectivity index (χ0n) is 10.9. The average molecular weight is 349 g/mol. The molecule has 0 aliphatic heterocycles. The van der Waals surface area contributed by atoms with E-state index >= 15 is 0 Å². The molecule has 0 saturated heterocycles. The molecule has 5 nitrogen and oxygen atoms in total. The quantitative estimate of drug-likeness (QED) is 0.487. The second-order valence-corrected chi connectivity index (χ2v) is 5.77. The Bertz CT molecular complexity index is 518. The second kappa shape index (κ2) is 6.56. The van der Waals surface area contributed by atoms with Crippen molar-refractivity contribution in [2.75, 3.05) is 5.75 Å². The summed E-state index contributed by atoms with van der Waals surface area (Å²) in [6.07, 6.45) is 3.02. The lowest BCUT2D eigenvalue weighted by Crippen LogP contribution is -2.33. The first kappa shape index (κ1) is 16.2. The second-order valence-electron chi connectivity index (χ2n) is 4.60. The van der Waals surface area contributed by atoms with Gasteiger partial charge in [-0.25, -0.2) is 0 Å². The van der Waals surface area contributed by atoms with Gasteiger partial charge in [-0.2, -0.15) is 12.6 Å². The van der Waals surface area contributed by atoms with E-state index in [0.717, 1.165) is 12.8 Å². The van der Waals surface area contributed by atoms with Crippen LogP contribution in [-0.4, -0.2) is 15.2 Å². The molecule has 7 heteroatoms. The number of hydrogen-bond acceptors (Lipinski definition) is 4. The fraction of sp³-hybridized carbons (Fsp3) is 0.583. The Balaban J connectivity index is 3.27. The van der Waals surface area contributed by atoms with Crippen LogP contribution in [0.5, 0.6) is 0 Å². The summed E-state index contributed by atoms with van der Waals surface area (Å²) in [5.74, 6) is 0.632. The maximum Gasteiger partial charge on any atom is 0.286 e. The minimum atomic E-state index is -0.499. The van der Waals surface area contributed by atoms with E-state index < -0.39 is 4.92 Å². The van der Waals surface area contributed by atoms with E-state index in [1.165, 1.54) is 16.8 Å². The van der Waals surface area contributed by atoms with E-state index in [4.69, 9.17) is 0 Å². The Morgan fingerprint density at radius 2 is 2.05 bits per heavy atom. The lowest BCUT2D eigenvalue weighted by Gasteiger charge is -2.30. The molecule has 1 rings (SSSR count). The summed E-state index contributed by atoms with van der Waals surface area (Å²) in [5.41, 5.74) is -0.466. The van der Waals surface area contributed by atoms with Crippen LogP contribution in [0.1, 0.15) is 26.7 Å². The number of nitro groups is 1. The zero-order chi connectivity index (χ0) is 14.6. The van der Waals surface area contributed by atoms with Crippen molar-refractivity contribution >= 4 is 34.2 Å². The van der Waals surface area contributed by atoms with Gasteiger partial charge in [-0.15, -0.1) is 0 Å². The van der Waals surface area contributed by atoms with Gasteiger partial charge in [0, 0.05) is 12.6 Å². The van der Waals surface area contributed by atoms with Crippen LogP contribution in [0.15, 0.2) is 21.5 Å². The SMILES string of the molecule is CCC(CC)(CS)Cn1cc([N+](=O)[O-])cc(Br)c1=O. The van der Waals surface area contributed by atoms with E-state index in [2.05, 4.69) is 28.6 Å². The summed E-state index contributed by atoms with van der Waals surface area (Å²) in [6.45, 7) is 4.51. The molecule has 0 atom stereocenters. The van der Waals surface area contributed by atoms with Gasteiger partial charge >= 0.3 is 0 Å². The maximum atomic E-state index is 12.0. The Kier molecular flexibility index (Phi) is 5.61. The van der Waals surface area contributed by atoms with Crippen LogP contribution >= 0.6 is 28.6 Å². The van der Waals surface area contributed by atoms with Crippen LogP contribution in [0.3, 0.4) is 0 Å². The molecular weight excluding hydrogens is 332 g/mol. The Morgan fingerprint density at radius 1 is 1.47 bits per heavy atom.